The van der Waals surface area contributed by atoms with E-state index in [1.807, 2.05) is 0 Å². The number of hydrogen-bond acceptors (Lipinski definition) is 5. The van der Waals surface area contributed by atoms with Crippen LogP contribution in [0, 0.1) is 10.1 Å². The van der Waals surface area contributed by atoms with Gasteiger partial charge in [0, 0.05) is 25.6 Å². The fraction of sp³-hybridized carbons (Fsp3) is 0.250. The molecule has 0 unspecified atom stereocenters. The van der Waals surface area contributed by atoms with Gasteiger partial charge in [-0.05, 0) is 25.1 Å². The summed E-state index contributed by atoms with van der Waals surface area (Å²) in [7, 11) is 0. The lowest BCUT2D eigenvalue weighted by Crippen LogP contribution is -2.28. The maximum Gasteiger partial charge on any atom is 0.416 e. The minimum absolute atomic E-state index is 0.0268. The molecule has 1 amide bonds. The van der Waals surface area contributed by atoms with E-state index >= 15 is 0 Å². The Morgan fingerprint density at radius 2 is 1.97 bits per heavy atom. The highest BCUT2D eigenvalue weighted by Gasteiger charge is 2.32. The molecule has 0 heterocycles. The maximum atomic E-state index is 12.8. The molecule has 0 spiro atoms. The predicted molar refractivity (Wildman–Crippen MR) is 109 cm³/mol. The Labute approximate surface area is 180 Å². The van der Waals surface area contributed by atoms with Gasteiger partial charge in [-0.25, -0.2) is 0 Å². The normalized spacial score (nSPS) is 11.0. The smallest absolute Gasteiger partial charge is 0.416 e. The largest absolute Gasteiger partial charge is 0.482 e. The van der Waals surface area contributed by atoms with Gasteiger partial charge in [-0.1, -0.05) is 24.3 Å². The number of rotatable bonds is 8. The summed E-state index contributed by atoms with van der Waals surface area (Å²) in [6, 6.07) is 4.92. The zero-order valence-electron chi connectivity index (χ0n) is 16.5. The summed E-state index contributed by atoms with van der Waals surface area (Å²) >= 11 is 5.93. The van der Waals surface area contributed by atoms with Gasteiger partial charge in [-0.15, -0.1) is 0 Å². The van der Waals surface area contributed by atoms with E-state index in [4.69, 9.17) is 21.1 Å². The molecule has 166 valence electrons. The van der Waals surface area contributed by atoms with Gasteiger partial charge in [-0.3, -0.25) is 14.9 Å². The van der Waals surface area contributed by atoms with E-state index in [-0.39, 0.29) is 41.1 Å². The summed E-state index contributed by atoms with van der Waals surface area (Å²) in [5.74, 6) is -0.818. The zero-order valence-corrected chi connectivity index (χ0v) is 17.3. The quantitative estimate of drug-likeness (QED) is 0.275. The van der Waals surface area contributed by atoms with Gasteiger partial charge in [0.2, 0.25) is 11.7 Å². The number of carbonyl (C=O) groups is 1. The number of alkyl halides is 3. The second-order valence-corrected chi connectivity index (χ2v) is 6.56. The number of anilines is 1. The molecule has 0 atom stereocenters. The molecule has 0 bridgehead atoms. The van der Waals surface area contributed by atoms with Crippen LogP contribution in [-0.4, -0.2) is 24.0 Å². The molecule has 0 aromatic heterocycles. The van der Waals surface area contributed by atoms with Crippen LogP contribution in [-0.2, 0) is 11.0 Å². The molecule has 2 aromatic carbocycles. The minimum atomic E-state index is -4.59. The van der Waals surface area contributed by atoms with Crippen LogP contribution in [0.15, 0.2) is 43.0 Å². The fourth-order valence-corrected chi connectivity index (χ4v) is 2.94. The van der Waals surface area contributed by atoms with E-state index in [0.29, 0.717) is 6.07 Å². The third-order valence-electron chi connectivity index (χ3n) is 4.04. The van der Waals surface area contributed by atoms with E-state index in [1.165, 1.54) is 25.1 Å². The van der Waals surface area contributed by atoms with Crippen LogP contribution in [0.3, 0.4) is 0 Å². The topological polar surface area (TPSA) is 81.9 Å². The van der Waals surface area contributed by atoms with Crippen molar-refractivity contribution in [3.63, 3.8) is 0 Å². The molecule has 0 aliphatic carbocycles. The molecular weight excluding hydrogens is 441 g/mol. The Bertz CT molecular complexity index is 1010. The fourth-order valence-electron chi connectivity index (χ4n) is 2.73. The number of halogens is 4. The molecule has 7 nitrogen and oxygen atoms in total. The highest BCUT2D eigenvalue weighted by atomic mass is 35.5. The van der Waals surface area contributed by atoms with Crippen molar-refractivity contribution in [2.75, 3.05) is 18.1 Å². The minimum Gasteiger partial charge on any atom is -0.482 e. The average Bonchev–Trinajstić information content (AvgIpc) is 2.67. The van der Waals surface area contributed by atoms with E-state index in [0.717, 1.165) is 17.0 Å². The van der Waals surface area contributed by atoms with Crippen LogP contribution in [0.2, 0.25) is 5.02 Å². The lowest BCUT2D eigenvalue weighted by atomic mass is 10.2. The van der Waals surface area contributed by atoms with E-state index in [1.54, 1.807) is 6.92 Å². The Morgan fingerprint density at radius 3 is 2.45 bits per heavy atom. The number of nitrogens with zero attached hydrogens (tertiary/aromatic N) is 2. The van der Waals surface area contributed by atoms with Crippen LogP contribution >= 0.6 is 11.6 Å². The average molecular weight is 459 g/mol. The van der Waals surface area contributed by atoms with Gasteiger partial charge in [0.25, 0.3) is 0 Å². The highest BCUT2D eigenvalue weighted by molar-refractivity contribution is 6.32. The molecule has 0 N–H and O–H groups in total. The molecule has 11 heteroatoms. The van der Waals surface area contributed by atoms with Crippen molar-refractivity contribution >= 4 is 28.9 Å². The van der Waals surface area contributed by atoms with Gasteiger partial charge in [0.15, 0.2) is 0 Å². The Hall–Kier alpha value is -3.27. The van der Waals surface area contributed by atoms with E-state index in [9.17, 15) is 28.1 Å². The lowest BCUT2D eigenvalue weighted by molar-refractivity contribution is -0.385. The maximum absolute atomic E-state index is 12.8. The first-order valence-electron chi connectivity index (χ1n) is 8.88. The Morgan fingerprint density at radius 1 is 1.29 bits per heavy atom. The Balaban J connectivity index is 2.61. The van der Waals surface area contributed by atoms with Crippen molar-refractivity contribution in [1.29, 1.82) is 0 Å². The summed E-state index contributed by atoms with van der Waals surface area (Å²) in [6.07, 6.45) is -3.22. The lowest BCUT2D eigenvalue weighted by Gasteiger charge is -2.21. The third kappa shape index (κ3) is 5.66. The molecule has 2 rings (SSSR count). The number of hydrogen-bond donors (Lipinski definition) is 0. The second-order valence-electron chi connectivity index (χ2n) is 6.15. The zero-order chi connectivity index (χ0) is 23.3. The number of nitro benzene ring substituents is 1. The molecule has 31 heavy (non-hydrogen) atoms. The molecule has 0 aliphatic heterocycles. The first-order valence-corrected chi connectivity index (χ1v) is 9.26. The van der Waals surface area contributed by atoms with Crippen LogP contribution in [0.5, 0.6) is 17.2 Å². The molecule has 0 fully saturated rings. The monoisotopic (exact) mass is 458 g/mol. The number of nitro groups is 1. The van der Waals surface area contributed by atoms with Gasteiger partial charge in [0.1, 0.15) is 23.8 Å². The van der Waals surface area contributed by atoms with Crippen molar-refractivity contribution in [3.05, 3.63) is 63.7 Å². The highest BCUT2D eigenvalue weighted by Crippen LogP contribution is 2.44. The van der Waals surface area contributed by atoms with Crippen molar-refractivity contribution < 1.29 is 32.4 Å². The molecule has 0 saturated carbocycles. The second kappa shape index (κ2) is 9.69. The van der Waals surface area contributed by atoms with Crippen molar-refractivity contribution in [1.82, 2.24) is 0 Å². The number of carbonyl (C=O) groups excluding carboxylic acids is 1. The predicted octanol–water partition coefficient (Wildman–Crippen LogP) is 6.00. The van der Waals surface area contributed by atoms with Gasteiger partial charge < -0.3 is 14.4 Å². The Kier molecular flexibility index (Phi) is 7.50. The number of amides is 1. The standard InChI is InChI=1S/C20H18ClF3N2O5/c1-4-8-30-18-11-14(10-16(19(18)26(28)29)25(5-2)12(3)27)31-17-7-6-13(9-15(17)21)20(22,23)24/h4,6-7,9-11H,1,5,8H2,2-3H3. The summed E-state index contributed by atoms with van der Waals surface area (Å²) in [6.45, 7) is 6.38. The SMILES string of the molecule is C=CCOc1cc(Oc2ccc(C(F)(F)F)cc2Cl)cc(N(CC)C(C)=O)c1[N+](=O)[O-]. The van der Waals surface area contributed by atoms with E-state index in [2.05, 4.69) is 6.58 Å². The van der Waals surface area contributed by atoms with Crippen molar-refractivity contribution in [3.8, 4) is 17.2 Å². The summed E-state index contributed by atoms with van der Waals surface area (Å²) in [5.41, 5.74) is -1.53. The van der Waals surface area contributed by atoms with Gasteiger partial charge in [0.05, 0.1) is 15.5 Å². The van der Waals surface area contributed by atoms with E-state index < -0.39 is 28.3 Å². The van der Waals surface area contributed by atoms with Crippen LogP contribution in [0.4, 0.5) is 24.5 Å². The summed E-state index contributed by atoms with van der Waals surface area (Å²) < 4.78 is 49.5. The third-order valence-corrected chi connectivity index (χ3v) is 4.34. The molecule has 0 radical (unpaired) electrons. The molecule has 2 aromatic rings. The molecule has 0 saturated heterocycles. The van der Waals surface area contributed by atoms with Crippen molar-refractivity contribution in [2.45, 2.75) is 20.0 Å². The summed E-state index contributed by atoms with van der Waals surface area (Å²) in [4.78, 5) is 24.1. The van der Waals surface area contributed by atoms with Gasteiger partial charge in [-0.2, -0.15) is 13.2 Å². The summed E-state index contributed by atoms with van der Waals surface area (Å²) in [5, 5.41) is 11.4. The van der Waals surface area contributed by atoms with Crippen molar-refractivity contribution in [2.24, 2.45) is 0 Å². The van der Waals surface area contributed by atoms with Crippen LogP contribution in [0.1, 0.15) is 19.4 Å². The van der Waals surface area contributed by atoms with Crippen LogP contribution in [0.25, 0.3) is 0 Å². The molecule has 0 aliphatic rings. The first-order chi connectivity index (χ1) is 14.5. The number of ether oxygens (including phenoxy) is 2. The number of benzene rings is 2. The molecular formula is C20H18ClF3N2O5. The first kappa shape index (κ1) is 24.0. The van der Waals surface area contributed by atoms with Crippen LogP contribution < -0.4 is 14.4 Å². The van der Waals surface area contributed by atoms with Gasteiger partial charge >= 0.3 is 11.9 Å².